The third-order valence-electron chi connectivity index (χ3n) is 2.88. The van der Waals surface area contributed by atoms with Crippen LogP contribution in [0.2, 0.25) is 0 Å². The van der Waals surface area contributed by atoms with Gasteiger partial charge in [0.2, 0.25) is 5.91 Å². The highest BCUT2D eigenvalue weighted by Crippen LogP contribution is 2.20. The van der Waals surface area contributed by atoms with Gasteiger partial charge in [-0.2, -0.15) is 0 Å². The number of anilines is 1. The number of aliphatic hydroxyl groups is 1. The number of carbonyl (C=O) groups excluding carboxylic acids is 1. The highest BCUT2D eigenvalue weighted by molar-refractivity contribution is 5.78. The molecule has 0 radical (unpaired) electrons. The van der Waals surface area contributed by atoms with Gasteiger partial charge in [-0.05, 0) is 17.7 Å². The summed E-state index contributed by atoms with van der Waals surface area (Å²) in [4.78, 5) is 13.4. The van der Waals surface area contributed by atoms with E-state index in [4.69, 9.17) is 10.8 Å². The van der Waals surface area contributed by atoms with Gasteiger partial charge in [-0.1, -0.05) is 12.1 Å². The molecule has 0 aromatic heterocycles. The Balaban J connectivity index is 2.03. The van der Waals surface area contributed by atoms with Gasteiger partial charge in [0, 0.05) is 37.7 Å². The van der Waals surface area contributed by atoms with Gasteiger partial charge in [0.05, 0.1) is 0 Å². The summed E-state index contributed by atoms with van der Waals surface area (Å²) in [7, 11) is 0. The lowest BCUT2D eigenvalue weighted by atomic mass is 10.1. The lowest BCUT2D eigenvalue weighted by Crippen LogP contribution is -2.24. The van der Waals surface area contributed by atoms with Crippen molar-refractivity contribution in [3.8, 4) is 0 Å². The first kappa shape index (κ1) is 11.0. The van der Waals surface area contributed by atoms with E-state index in [0.29, 0.717) is 25.2 Å². The zero-order valence-corrected chi connectivity index (χ0v) is 9.10. The van der Waals surface area contributed by atoms with Gasteiger partial charge in [-0.15, -0.1) is 0 Å². The number of nitrogens with two attached hydrogens (primary N) is 1. The van der Waals surface area contributed by atoms with Crippen molar-refractivity contribution in [2.24, 2.45) is 5.92 Å². The molecule has 1 atom stereocenters. The fourth-order valence-corrected chi connectivity index (χ4v) is 2.04. The molecule has 1 saturated heterocycles. The predicted molar refractivity (Wildman–Crippen MR) is 61.5 cm³/mol. The van der Waals surface area contributed by atoms with Crippen molar-refractivity contribution >= 4 is 11.6 Å². The summed E-state index contributed by atoms with van der Waals surface area (Å²) >= 11 is 0. The Hall–Kier alpha value is -1.55. The van der Waals surface area contributed by atoms with Crippen molar-refractivity contribution in [1.29, 1.82) is 0 Å². The van der Waals surface area contributed by atoms with Crippen LogP contribution in [0.25, 0.3) is 0 Å². The molecular formula is C12H16N2O2. The summed E-state index contributed by atoms with van der Waals surface area (Å²) in [5, 5.41) is 9.01. The number of carbonyl (C=O) groups is 1. The van der Waals surface area contributed by atoms with E-state index in [1.54, 1.807) is 4.90 Å². The predicted octanol–water partition coefficient (Wildman–Crippen LogP) is 0.610. The van der Waals surface area contributed by atoms with Crippen LogP contribution in [0.5, 0.6) is 0 Å². The molecule has 3 N–H and O–H groups in total. The second-order valence-corrected chi connectivity index (χ2v) is 4.27. The number of likely N-dealkylation sites (tertiary alicyclic amines) is 1. The van der Waals surface area contributed by atoms with E-state index < -0.39 is 0 Å². The molecule has 0 bridgehead atoms. The van der Waals surface area contributed by atoms with Crippen LogP contribution in [0, 0.1) is 5.92 Å². The van der Waals surface area contributed by atoms with E-state index in [1.165, 1.54) is 0 Å². The van der Waals surface area contributed by atoms with E-state index in [1.807, 2.05) is 24.3 Å². The monoisotopic (exact) mass is 220 g/mol. The van der Waals surface area contributed by atoms with Crippen molar-refractivity contribution < 1.29 is 9.90 Å². The molecule has 1 unspecified atom stereocenters. The Labute approximate surface area is 94.7 Å². The number of aliphatic hydroxyl groups excluding tert-OH is 1. The molecule has 1 fully saturated rings. The summed E-state index contributed by atoms with van der Waals surface area (Å²) in [6.45, 7) is 1.31. The molecule has 4 nitrogen and oxygen atoms in total. The summed E-state index contributed by atoms with van der Waals surface area (Å²) < 4.78 is 0. The standard InChI is InChI=1S/C12H16N2O2/c13-11-3-1-2-9(4-11)6-14-7-10(8-15)5-12(14)16/h1-4,10,15H,5-8,13H2. The molecule has 1 aromatic carbocycles. The van der Waals surface area contributed by atoms with Gasteiger partial charge in [-0.3, -0.25) is 4.79 Å². The minimum Gasteiger partial charge on any atom is -0.399 e. The zero-order chi connectivity index (χ0) is 11.5. The molecular weight excluding hydrogens is 204 g/mol. The minimum absolute atomic E-state index is 0.0825. The second-order valence-electron chi connectivity index (χ2n) is 4.27. The first-order valence-electron chi connectivity index (χ1n) is 5.42. The number of rotatable bonds is 3. The third-order valence-corrected chi connectivity index (χ3v) is 2.88. The fourth-order valence-electron chi connectivity index (χ4n) is 2.04. The molecule has 1 amide bonds. The summed E-state index contributed by atoms with van der Waals surface area (Å²) in [5.41, 5.74) is 7.42. The van der Waals surface area contributed by atoms with E-state index in [-0.39, 0.29) is 18.4 Å². The SMILES string of the molecule is Nc1cccc(CN2CC(CO)CC2=O)c1. The molecule has 1 aliphatic rings. The lowest BCUT2D eigenvalue weighted by molar-refractivity contribution is -0.128. The maximum absolute atomic E-state index is 11.6. The summed E-state index contributed by atoms with van der Waals surface area (Å²) in [6.07, 6.45) is 0.457. The highest BCUT2D eigenvalue weighted by atomic mass is 16.3. The number of nitrogen functional groups attached to an aromatic ring is 1. The van der Waals surface area contributed by atoms with E-state index in [0.717, 1.165) is 5.56 Å². The largest absolute Gasteiger partial charge is 0.399 e. The van der Waals surface area contributed by atoms with Crippen LogP contribution in [0.1, 0.15) is 12.0 Å². The fraction of sp³-hybridized carbons (Fsp3) is 0.417. The molecule has 0 aliphatic carbocycles. The van der Waals surface area contributed by atoms with Crippen LogP contribution in [0.4, 0.5) is 5.69 Å². The normalized spacial score (nSPS) is 20.4. The van der Waals surface area contributed by atoms with Gasteiger partial charge < -0.3 is 15.7 Å². The molecule has 86 valence electrons. The second kappa shape index (κ2) is 4.53. The van der Waals surface area contributed by atoms with Crippen molar-refractivity contribution in [2.75, 3.05) is 18.9 Å². The van der Waals surface area contributed by atoms with Crippen molar-refractivity contribution in [3.05, 3.63) is 29.8 Å². The highest BCUT2D eigenvalue weighted by Gasteiger charge is 2.28. The van der Waals surface area contributed by atoms with Gasteiger partial charge >= 0.3 is 0 Å². The molecule has 2 rings (SSSR count). The van der Waals surface area contributed by atoms with E-state index in [9.17, 15) is 4.79 Å². The molecule has 16 heavy (non-hydrogen) atoms. The first-order chi connectivity index (χ1) is 7.69. The lowest BCUT2D eigenvalue weighted by Gasteiger charge is -2.16. The maximum atomic E-state index is 11.6. The zero-order valence-electron chi connectivity index (χ0n) is 9.10. The number of nitrogens with zero attached hydrogens (tertiary/aromatic N) is 1. The van der Waals surface area contributed by atoms with Gasteiger partial charge in [-0.25, -0.2) is 0 Å². The Bertz CT molecular complexity index is 392. The van der Waals surface area contributed by atoms with Crippen LogP contribution in [-0.2, 0) is 11.3 Å². The van der Waals surface area contributed by atoms with Crippen LogP contribution in [0.15, 0.2) is 24.3 Å². The van der Waals surface area contributed by atoms with Gasteiger partial charge in [0.25, 0.3) is 0 Å². The first-order valence-corrected chi connectivity index (χ1v) is 5.42. The minimum atomic E-state index is 0.0825. The molecule has 1 aliphatic heterocycles. The van der Waals surface area contributed by atoms with Gasteiger partial charge in [0.1, 0.15) is 0 Å². The average Bonchev–Trinajstić information content (AvgIpc) is 2.60. The van der Waals surface area contributed by atoms with Crippen molar-refractivity contribution in [2.45, 2.75) is 13.0 Å². The Morgan fingerprint density at radius 3 is 2.94 bits per heavy atom. The van der Waals surface area contributed by atoms with E-state index >= 15 is 0 Å². The number of hydrogen-bond acceptors (Lipinski definition) is 3. The van der Waals surface area contributed by atoms with Crippen LogP contribution >= 0.6 is 0 Å². The Morgan fingerprint density at radius 1 is 1.50 bits per heavy atom. The van der Waals surface area contributed by atoms with Crippen LogP contribution < -0.4 is 5.73 Å². The number of amides is 1. The van der Waals surface area contributed by atoms with Crippen molar-refractivity contribution in [1.82, 2.24) is 4.90 Å². The Kier molecular flexibility index (Phi) is 3.10. The van der Waals surface area contributed by atoms with E-state index in [2.05, 4.69) is 0 Å². The molecule has 1 aromatic rings. The van der Waals surface area contributed by atoms with Crippen molar-refractivity contribution in [3.63, 3.8) is 0 Å². The summed E-state index contributed by atoms with van der Waals surface area (Å²) in [6, 6.07) is 7.54. The molecule has 4 heteroatoms. The Morgan fingerprint density at radius 2 is 2.31 bits per heavy atom. The molecule has 0 saturated carbocycles. The average molecular weight is 220 g/mol. The molecule has 0 spiro atoms. The van der Waals surface area contributed by atoms with Crippen LogP contribution in [-0.4, -0.2) is 29.1 Å². The third kappa shape index (κ3) is 2.33. The topological polar surface area (TPSA) is 66.6 Å². The summed E-state index contributed by atoms with van der Waals surface area (Å²) in [5.74, 6) is 0.204. The van der Waals surface area contributed by atoms with Crippen LogP contribution in [0.3, 0.4) is 0 Å². The number of benzene rings is 1. The van der Waals surface area contributed by atoms with Gasteiger partial charge in [0.15, 0.2) is 0 Å². The number of hydrogen-bond donors (Lipinski definition) is 2. The maximum Gasteiger partial charge on any atom is 0.223 e. The molecule has 1 heterocycles. The smallest absolute Gasteiger partial charge is 0.223 e. The quantitative estimate of drug-likeness (QED) is 0.733.